The Balaban J connectivity index is 2.91. The van der Waals surface area contributed by atoms with Gasteiger partial charge in [0, 0.05) is 17.1 Å². The van der Waals surface area contributed by atoms with Crippen molar-refractivity contribution in [3.05, 3.63) is 36.0 Å². The quantitative estimate of drug-likeness (QED) is 0.592. The third kappa shape index (κ3) is 0.942. The van der Waals surface area contributed by atoms with E-state index in [9.17, 15) is 4.39 Å². The average Bonchev–Trinajstić information content (AvgIpc) is 2.12. The molecule has 0 aliphatic rings. The average molecular weight is 162 g/mol. The van der Waals surface area contributed by atoms with Crippen LogP contribution in [0.2, 0.25) is 0 Å². The maximum Gasteiger partial charge on any atom is 0.128 e. The summed E-state index contributed by atoms with van der Waals surface area (Å²) in [6.07, 6.45) is 3.10. The molecule has 2 nitrogen and oxygen atoms in total. The maximum atomic E-state index is 13.0. The Bertz CT molecular complexity index is 426. The Labute approximate surface area is 69.1 Å². The van der Waals surface area contributed by atoms with Crippen LogP contribution in [0, 0.1) is 12.7 Å². The Hall–Kier alpha value is -1.51. The number of rotatable bonds is 0. The highest BCUT2D eigenvalue weighted by Crippen LogP contribution is 2.16. The van der Waals surface area contributed by atoms with Crippen molar-refractivity contribution in [2.24, 2.45) is 0 Å². The van der Waals surface area contributed by atoms with E-state index in [0.29, 0.717) is 11.1 Å². The number of halogens is 1. The zero-order valence-corrected chi connectivity index (χ0v) is 6.58. The molecule has 0 atom stereocenters. The number of aromatic nitrogens is 2. The molecule has 0 spiro atoms. The van der Waals surface area contributed by atoms with Crippen molar-refractivity contribution in [3.63, 3.8) is 0 Å². The molecule has 12 heavy (non-hydrogen) atoms. The lowest BCUT2D eigenvalue weighted by Crippen LogP contribution is -1.88. The first-order valence-electron chi connectivity index (χ1n) is 3.64. The molecule has 0 saturated carbocycles. The van der Waals surface area contributed by atoms with E-state index in [2.05, 4.69) is 9.97 Å². The summed E-state index contributed by atoms with van der Waals surface area (Å²) in [7, 11) is 0. The normalized spacial score (nSPS) is 10.5. The van der Waals surface area contributed by atoms with Crippen molar-refractivity contribution in [3.8, 4) is 0 Å². The number of aryl methyl sites for hydroxylation is 1. The number of benzene rings is 1. The Morgan fingerprint density at radius 1 is 1.33 bits per heavy atom. The van der Waals surface area contributed by atoms with Gasteiger partial charge in [0.05, 0.1) is 5.52 Å². The molecule has 0 amide bonds. The first-order chi connectivity index (χ1) is 5.79. The van der Waals surface area contributed by atoms with E-state index < -0.39 is 0 Å². The summed E-state index contributed by atoms with van der Waals surface area (Å²) in [6.45, 7) is 1.71. The van der Waals surface area contributed by atoms with E-state index in [4.69, 9.17) is 0 Å². The molecule has 0 N–H and O–H groups in total. The second kappa shape index (κ2) is 2.52. The van der Waals surface area contributed by atoms with Crippen LogP contribution in [0.1, 0.15) is 5.56 Å². The third-order valence-corrected chi connectivity index (χ3v) is 1.86. The highest BCUT2D eigenvalue weighted by molar-refractivity contribution is 5.80. The number of hydrogen-bond acceptors (Lipinski definition) is 2. The lowest BCUT2D eigenvalue weighted by Gasteiger charge is -1.99. The second-order valence-electron chi connectivity index (χ2n) is 2.63. The van der Waals surface area contributed by atoms with Gasteiger partial charge in [-0.05, 0) is 19.1 Å². The summed E-state index contributed by atoms with van der Waals surface area (Å²) >= 11 is 0. The standard InChI is InChI=1S/C9H7FN2/c1-6-8(10)3-2-7-4-11-5-12-9(6)7/h2-5H,1H3. The fraction of sp³-hybridized carbons (Fsp3) is 0.111. The summed E-state index contributed by atoms with van der Waals surface area (Å²) in [5.74, 6) is -0.221. The van der Waals surface area contributed by atoms with E-state index in [0.717, 1.165) is 5.39 Å². The monoisotopic (exact) mass is 162 g/mol. The molecule has 0 fully saturated rings. The van der Waals surface area contributed by atoms with Crippen molar-refractivity contribution in [2.45, 2.75) is 6.92 Å². The lowest BCUT2D eigenvalue weighted by molar-refractivity contribution is 0.620. The van der Waals surface area contributed by atoms with Crippen LogP contribution in [0.15, 0.2) is 24.7 Å². The van der Waals surface area contributed by atoms with Crippen molar-refractivity contribution >= 4 is 10.9 Å². The summed E-state index contributed by atoms with van der Waals surface area (Å²) in [6, 6.07) is 3.11. The summed E-state index contributed by atoms with van der Waals surface area (Å²) in [5, 5.41) is 0.872. The smallest absolute Gasteiger partial charge is 0.128 e. The molecule has 0 radical (unpaired) electrons. The molecule has 1 heterocycles. The van der Waals surface area contributed by atoms with Crippen molar-refractivity contribution < 1.29 is 4.39 Å². The Morgan fingerprint density at radius 2 is 2.17 bits per heavy atom. The maximum absolute atomic E-state index is 13.0. The van der Waals surface area contributed by atoms with Gasteiger partial charge in [0.25, 0.3) is 0 Å². The molecule has 0 aliphatic carbocycles. The summed E-state index contributed by atoms with van der Waals surface area (Å²) in [5.41, 5.74) is 1.26. The minimum atomic E-state index is -0.221. The molecule has 3 heteroatoms. The minimum Gasteiger partial charge on any atom is -0.244 e. The number of nitrogens with zero attached hydrogens (tertiary/aromatic N) is 2. The van der Waals surface area contributed by atoms with Gasteiger partial charge in [0.15, 0.2) is 0 Å². The molecular weight excluding hydrogens is 155 g/mol. The zero-order valence-electron chi connectivity index (χ0n) is 6.58. The molecule has 1 aromatic heterocycles. The first-order valence-corrected chi connectivity index (χ1v) is 3.64. The van der Waals surface area contributed by atoms with Gasteiger partial charge in [-0.1, -0.05) is 0 Å². The van der Waals surface area contributed by atoms with Crippen LogP contribution in [-0.4, -0.2) is 9.97 Å². The molecule has 0 aliphatic heterocycles. The lowest BCUT2D eigenvalue weighted by atomic mass is 10.1. The van der Waals surface area contributed by atoms with Crippen LogP contribution in [-0.2, 0) is 0 Å². The van der Waals surface area contributed by atoms with E-state index in [1.807, 2.05) is 0 Å². The molecule has 60 valence electrons. The third-order valence-electron chi connectivity index (χ3n) is 1.86. The van der Waals surface area contributed by atoms with Crippen molar-refractivity contribution in [2.75, 3.05) is 0 Å². The second-order valence-corrected chi connectivity index (χ2v) is 2.63. The van der Waals surface area contributed by atoms with Crippen LogP contribution in [0.25, 0.3) is 10.9 Å². The van der Waals surface area contributed by atoms with Gasteiger partial charge in [-0.25, -0.2) is 14.4 Å². The highest BCUT2D eigenvalue weighted by atomic mass is 19.1. The molecular formula is C9H7FN2. The van der Waals surface area contributed by atoms with Crippen molar-refractivity contribution in [1.82, 2.24) is 9.97 Å². The van der Waals surface area contributed by atoms with Gasteiger partial charge in [-0.15, -0.1) is 0 Å². The Morgan fingerprint density at radius 3 is 3.00 bits per heavy atom. The predicted molar refractivity (Wildman–Crippen MR) is 44.2 cm³/mol. The Kier molecular flexibility index (Phi) is 1.50. The van der Waals surface area contributed by atoms with Crippen LogP contribution in [0.5, 0.6) is 0 Å². The van der Waals surface area contributed by atoms with Crippen LogP contribution in [0.3, 0.4) is 0 Å². The van der Waals surface area contributed by atoms with Crippen molar-refractivity contribution in [1.29, 1.82) is 0 Å². The van der Waals surface area contributed by atoms with Crippen LogP contribution in [0.4, 0.5) is 4.39 Å². The van der Waals surface area contributed by atoms with Gasteiger partial charge in [0.1, 0.15) is 12.1 Å². The van der Waals surface area contributed by atoms with Gasteiger partial charge >= 0.3 is 0 Å². The zero-order chi connectivity index (χ0) is 8.55. The number of hydrogen-bond donors (Lipinski definition) is 0. The SMILES string of the molecule is Cc1c(F)ccc2cncnc12. The fourth-order valence-electron chi connectivity index (χ4n) is 1.18. The fourth-order valence-corrected chi connectivity index (χ4v) is 1.18. The van der Waals surface area contributed by atoms with E-state index in [-0.39, 0.29) is 5.82 Å². The highest BCUT2D eigenvalue weighted by Gasteiger charge is 2.02. The molecule has 2 rings (SSSR count). The topological polar surface area (TPSA) is 25.8 Å². The van der Waals surface area contributed by atoms with Crippen LogP contribution >= 0.6 is 0 Å². The largest absolute Gasteiger partial charge is 0.244 e. The number of fused-ring (bicyclic) bond motifs is 1. The van der Waals surface area contributed by atoms with Gasteiger partial charge in [-0.2, -0.15) is 0 Å². The molecule has 1 aromatic carbocycles. The molecule has 0 unspecified atom stereocenters. The van der Waals surface area contributed by atoms with Gasteiger partial charge < -0.3 is 0 Å². The van der Waals surface area contributed by atoms with E-state index in [1.165, 1.54) is 12.4 Å². The summed E-state index contributed by atoms with van der Waals surface area (Å²) in [4.78, 5) is 7.84. The molecule has 2 aromatic rings. The van der Waals surface area contributed by atoms with Gasteiger partial charge in [0.2, 0.25) is 0 Å². The van der Waals surface area contributed by atoms with E-state index >= 15 is 0 Å². The predicted octanol–water partition coefficient (Wildman–Crippen LogP) is 2.08. The van der Waals surface area contributed by atoms with Gasteiger partial charge in [-0.3, -0.25) is 0 Å². The summed E-state index contributed by atoms with van der Waals surface area (Å²) < 4.78 is 13.0. The minimum absolute atomic E-state index is 0.221. The molecule has 0 bridgehead atoms. The van der Waals surface area contributed by atoms with E-state index in [1.54, 1.807) is 19.2 Å². The van der Waals surface area contributed by atoms with Crippen LogP contribution < -0.4 is 0 Å². The molecule has 0 saturated heterocycles. The first kappa shape index (κ1) is 7.16.